The zero-order valence-electron chi connectivity index (χ0n) is 8.71. The number of hydrogen-bond acceptors (Lipinski definition) is 3. The van der Waals surface area contributed by atoms with E-state index >= 15 is 0 Å². The zero-order valence-corrected chi connectivity index (χ0v) is 8.71. The van der Waals surface area contributed by atoms with Gasteiger partial charge in [0, 0.05) is 18.7 Å². The minimum absolute atomic E-state index is 0.315. The van der Waals surface area contributed by atoms with Gasteiger partial charge in [-0.25, -0.2) is 0 Å². The Morgan fingerprint density at radius 3 is 2.71 bits per heavy atom. The molecule has 0 amide bonds. The van der Waals surface area contributed by atoms with Gasteiger partial charge in [-0.05, 0) is 31.0 Å². The summed E-state index contributed by atoms with van der Waals surface area (Å²) in [6.45, 7) is 5.36. The third-order valence-corrected chi connectivity index (χ3v) is 2.14. The number of nitrogens with two attached hydrogens (primary N) is 1. The van der Waals surface area contributed by atoms with Crippen molar-refractivity contribution in [3.05, 3.63) is 28.8 Å². The average Bonchev–Trinajstić information content (AvgIpc) is 2.20. The van der Waals surface area contributed by atoms with Crippen LogP contribution < -0.4 is 5.73 Å². The van der Waals surface area contributed by atoms with Gasteiger partial charge in [-0.15, -0.1) is 0 Å². The second kappa shape index (κ2) is 4.98. The normalized spacial score (nSPS) is 10.5. The summed E-state index contributed by atoms with van der Waals surface area (Å²) in [6, 6.07) is 3.78. The number of aryl methyl sites for hydroxylation is 1. The third-order valence-electron chi connectivity index (χ3n) is 2.14. The Morgan fingerprint density at radius 1 is 1.43 bits per heavy atom. The predicted molar refractivity (Wildman–Crippen MR) is 56.1 cm³/mol. The van der Waals surface area contributed by atoms with E-state index < -0.39 is 0 Å². The minimum atomic E-state index is 0.315. The first kappa shape index (κ1) is 11.0. The van der Waals surface area contributed by atoms with Gasteiger partial charge >= 0.3 is 0 Å². The van der Waals surface area contributed by atoms with Gasteiger partial charge in [0.05, 0.1) is 6.61 Å². The van der Waals surface area contributed by atoms with Gasteiger partial charge in [-0.2, -0.15) is 0 Å². The second-order valence-corrected chi connectivity index (χ2v) is 3.26. The highest BCUT2D eigenvalue weighted by molar-refractivity contribution is 5.42. The minimum Gasteiger partial charge on any atom is -0.507 e. The Kier molecular flexibility index (Phi) is 3.92. The fourth-order valence-electron chi connectivity index (χ4n) is 1.37. The van der Waals surface area contributed by atoms with Crippen LogP contribution in [0.5, 0.6) is 5.75 Å². The van der Waals surface area contributed by atoms with Crippen molar-refractivity contribution in [1.29, 1.82) is 0 Å². The maximum Gasteiger partial charge on any atom is 0.124 e. The number of aromatic hydroxyl groups is 1. The number of phenolic OH excluding ortho intramolecular Hbond substituents is 1. The summed E-state index contributed by atoms with van der Waals surface area (Å²) in [4.78, 5) is 0. The van der Waals surface area contributed by atoms with E-state index in [1.807, 2.05) is 26.0 Å². The van der Waals surface area contributed by atoms with Gasteiger partial charge < -0.3 is 15.6 Å². The number of phenols is 1. The predicted octanol–water partition coefficient (Wildman–Crippen LogP) is 1.70. The summed E-state index contributed by atoms with van der Waals surface area (Å²) in [6.07, 6.45) is 0. The van der Waals surface area contributed by atoms with Crippen LogP contribution in [0, 0.1) is 6.92 Å². The van der Waals surface area contributed by atoms with Crippen LogP contribution >= 0.6 is 0 Å². The molecule has 0 radical (unpaired) electrons. The van der Waals surface area contributed by atoms with Gasteiger partial charge in [0.15, 0.2) is 0 Å². The molecule has 0 atom stereocenters. The molecule has 78 valence electrons. The lowest BCUT2D eigenvalue weighted by Gasteiger charge is -2.09. The van der Waals surface area contributed by atoms with Crippen molar-refractivity contribution in [2.45, 2.75) is 27.0 Å². The molecule has 1 aromatic carbocycles. The highest BCUT2D eigenvalue weighted by Crippen LogP contribution is 2.24. The molecule has 0 fully saturated rings. The number of ether oxygens (including phenoxy) is 1. The maximum atomic E-state index is 9.72. The van der Waals surface area contributed by atoms with E-state index in [-0.39, 0.29) is 0 Å². The molecule has 0 aromatic heterocycles. The van der Waals surface area contributed by atoms with E-state index in [1.54, 1.807) is 0 Å². The smallest absolute Gasteiger partial charge is 0.124 e. The van der Waals surface area contributed by atoms with E-state index in [4.69, 9.17) is 10.5 Å². The summed E-state index contributed by atoms with van der Waals surface area (Å²) in [5.74, 6) is 0.315. The van der Waals surface area contributed by atoms with Crippen LogP contribution in [-0.4, -0.2) is 11.7 Å². The molecule has 3 N–H and O–H groups in total. The molecule has 0 aliphatic heterocycles. The molecule has 3 nitrogen and oxygen atoms in total. The van der Waals surface area contributed by atoms with Crippen LogP contribution in [0.4, 0.5) is 0 Å². The first-order chi connectivity index (χ1) is 6.69. The van der Waals surface area contributed by atoms with Gasteiger partial charge in [0.1, 0.15) is 5.75 Å². The van der Waals surface area contributed by atoms with Crippen LogP contribution in [0.2, 0.25) is 0 Å². The van der Waals surface area contributed by atoms with Crippen molar-refractivity contribution in [3.8, 4) is 5.75 Å². The average molecular weight is 195 g/mol. The first-order valence-electron chi connectivity index (χ1n) is 4.78. The lowest BCUT2D eigenvalue weighted by molar-refractivity contribution is 0.132. The van der Waals surface area contributed by atoms with Crippen LogP contribution in [0.15, 0.2) is 12.1 Å². The van der Waals surface area contributed by atoms with Gasteiger partial charge in [0.25, 0.3) is 0 Å². The highest BCUT2D eigenvalue weighted by Gasteiger charge is 2.06. The van der Waals surface area contributed by atoms with E-state index in [1.165, 1.54) is 0 Å². The largest absolute Gasteiger partial charge is 0.507 e. The molecule has 1 aromatic rings. The van der Waals surface area contributed by atoms with Gasteiger partial charge in [-0.3, -0.25) is 0 Å². The molecule has 0 aliphatic rings. The summed E-state index contributed by atoms with van der Waals surface area (Å²) in [7, 11) is 0. The van der Waals surface area contributed by atoms with Gasteiger partial charge in [-0.1, -0.05) is 6.07 Å². The molecule has 0 spiro atoms. The zero-order chi connectivity index (χ0) is 10.6. The fraction of sp³-hybridized carbons (Fsp3) is 0.455. The van der Waals surface area contributed by atoms with Crippen LogP contribution in [0.25, 0.3) is 0 Å². The van der Waals surface area contributed by atoms with Crippen molar-refractivity contribution in [1.82, 2.24) is 0 Å². The molecule has 0 heterocycles. The summed E-state index contributed by atoms with van der Waals surface area (Å²) < 4.78 is 5.25. The maximum absolute atomic E-state index is 9.72. The highest BCUT2D eigenvalue weighted by atomic mass is 16.5. The van der Waals surface area contributed by atoms with Crippen LogP contribution in [-0.2, 0) is 17.9 Å². The molecule has 1 rings (SSSR count). The lowest BCUT2D eigenvalue weighted by atomic mass is 10.1. The Balaban J connectivity index is 2.95. The monoisotopic (exact) mass is 195 g/mol. The van der Waals surface area contributed by atoms with Crippen molar-refractivity contribution in [2.75, 3.05) is 6.61 Å². The summed E-state index contributed by atoms with van der Waals surface area (Å²) in [5.41, 5.74) is 8.23. The first-order valence-corrected chi connectivity index (χ1v) is 4.78. The lowest BCUT2D eigenvalue weighted by Crippen LogP contribution is -2.00. The Bertz CT molecular complexity index is 310. The summed E-state index contributed by atoms with van der Waals surface area (Å²) in [5, 5.41) is 9.72. The van der Waals surface area contributed by atoms with Crippen molar-refractivity contribution < 1.29 is 9.84 Å². The number of hydrogen-bond donors (Lipinski definition) is 2. The molecule has 3 heteroatoms. The summed E-state index contributed by atoms with van der Waals surface area (Å²) >= 11 is 0. The number of benzene rings is 1. The Hall–Kier alpha value is -1.06. The second-order valence-electron chi connectivity index (χ2n) is 3.26. The molecule has 14 heavy (non-hydrogen) atoms. The van der Waals surface area contributed by atoms with E-state index in [9.17, 15) is 5.11 Å². The molecular weight excluding hydrogens is 178 g/mol. The van der Waals surface area contributed by atoms with Gasteiger partial charge in [0.2, 0.25) is 0 Å². The van der Waals surface area contributed by atoms with Crippen molar-refractivity contribution >= 4 is 0 Å². The molecule has 0 bridgehead atoms. The Labute approximate surface area is 84.5 Å². The molecule has 0 saturated heterocycles. The van der Waals surface area contributed by atoms with Crippen LogP contribution in [0.1, 0.15) is 23.6 Å². The molecular formula is C11H17NO2. The molecule has 0 saturated carbocycles. The number of rotatable bonds is 4. The van der Waals surface area contributed by atoms with E-state index in [0.717, 1.165) is 16.7 Å². The van der Waals surface area contributed by atoms with E-state index in [2.05, 4.69) is 0 Å². The van der Waals surface area contributed by atoms with Crippen molar-refractivity contribution in [2.24, 2.45) is 5.73 Å². The standard InChI is InChI=1S/C11H17NO2/c1-3-14-7-10-5-9(6-12)4-8(2)11(10)13/h4-5,13H,3,6-7,12H2,1-2H3. The third kappa shape index (κ3) is 2.47. The Morgan fingerprint density at radius 2 is 2.14 bits per heavy atom. The van der Waals surface area contributed by atoms with E-state index in [0.29, 0.717) is 25.5 Å². The molecule has 0 aliphatic carbocycles. The fourth-order valence-corrected chi connectivity index (χ4v) is 1.37. The van der Waals surface area contributed by atoms with Crippen LogP contribution in [0.3, 0.4) is 0 Å². The van der Waals surface area contributed by atoms with Crippen molar-refractivity contribution in [3.63, 3.8) is 0 Å². The SMILES string of the molecule is CCOCc1cc(CN)cc(C)c1O. The molecule has 0 unspecified atom stereocenters. The quantitative estimate of drug-likeness (QED) is 0.768. The topological polar surface area (TPSA) is 55.5 Å².